The Kier molecular flexibility index (Phi) is 5.08. The Morgan fingerprint density at radius 1 is 1.00 bits per heavy atom. The lowest BCUT2D eigenvalue weighted by atomic mass is 9.74. The molecule has 1 aliphatic rings. The summed E-state index contributed by atoms with van der Waals surface area (Å²) in [7, 11) is 3.84. The molecule has 26 heavy (non-hydrogen) atoms. The van der Waals surface area contributed by atoms with Crippen LogP contribution in [0.1, 0.15) is 39.7 Å². The molecule has 2 aromatic carbocycles. The lowest BCUT2D eigenvalue weighted by molar-refractivity contribution is 0.00578. The van der Waals surface area contributed by atoms with E-state index in [-0.39, 0.29) is 18.3 Å². The first-order valence-electron chi connectivity index (χ1n) is 9.45. The SMILES string of the molecule is CN(C)c1c(CCCN)cc(B2OC(C)(C)C(C)(C)O2)c2ccccc12. The third-order valence-electron chi connectivity index (χ3n) is 5.73. The van der Waals surface area contributed by atoms with Crippen molar-refractivity contribution in [2.75, 3.05) is 25.5 Å². The maximum Gasteiger partial charge on any atom is 0.495 e. The van der Waals surface area contributed by atoms with E-state index in [1.165, 1.54) is 22.0 Å². The zero-order valence-electron chi connectivity index (χ0n) is 16.9. The van der Waals surface area contributed by atoms with E-state index < -0.39 is 0 Å². The Balaban J connectivity index is 2.18. The fourth-order valence-electron chi connectivity index (χ4n) is 3.62. The molecule has 0 amide bonds. The summed E-state index contributed by atoms with van der Waals surface area (Å²) in [6.07, 6.45) is 1.91. The van der Waals surface area contributed by atoms with Crippen molar-refractivity contribution in [2.45, 2.75) is 51.7 Å². The molecular weight excluding hydrogens is 323 g/mol. The summed E-state index contributed by atoms with van der Waals surface area (Å²) in [6, 6.07) is 10.8. The van der Waals surface area contributed by atoms with Gasteiger partial charge in [0, 0.05) is 25.2 Å². The average Bonchev–Trinajstić information content (AvgIpc) is 2.79. The van der Waals surface area contributed by atoms with Crippen LogP contribution in [0.2, 0.25) is 0 Å². The summed E-state index contributed by atoms with van der Waals surface area (Å²) in [4.78, 5) is 2.20. The maximum absolute atomic E-state index is 6.36. The van der Waals surface area contributed by atoms with Crippen molar-refractivity contribution < 1.29 is 9.31 Å². The van der Waals surface area contributed by atoms with Crippen LogP contribution in [0.15, 0.2) is 30.3 Å². The van der Waals surface area contributed by atoms with E-state index in [1.54, 1.807) is 0 Å². The van der Waals surface area contributed by atoms with Crippen LogP contribution in [-0.2, 0) is 15.7 Å². The largest absolute Gasteiger partial charge is 0.495 e. The molecular formula is C21H31BN2O2. The van der Waals surface area contributed by atoms with Crippen LogP contribution in [-0.4, -0.2) is 39.0 Å². The second-order valence-electron chi connectivity index (χ2n) is 8.39. The molecule has 0 spiro atoms. The van der Waals surface area contributed by atoms with Crippen molar-refractivity contribution in [2.24, 2.45) is 5.73 Å². The van der Waals surface area contributed by atoms with Gasteiger partial charge in [-0.05, 0) is 63.5 Å². The standard InChI is InChI=1S/C21H31BN2O2/c1-20(2)21(3,4)26-22(25-20)18-14-15(10-9-13-23)19(24(5)6)17-12-8-7-11-16(17)18/h7-8,11-12,14H,9-10,13,23H2,1-6H3. The summed E-state index contributed by atoms with van der Waals surface area (Å²) >= 11 is 0. The second kappa shape index (κ2) is 6.88. The number of benzene rings is 2. The molecule has 2 N–H and O–H groups in total. The minimum absolute atomic E-state index is 0.351. The molecule has 0 bridgehead atoms. The summed E-state index contributed by atoms with van der Waals surface area (Å²) in [5, 5.41) is 2.42. The zero-order valence-corrected chi connectivity index (χ0v) is 16.9. The van der Waals surface area contributed by atoms with Crippen molar-refractivity contribution in [1.29, 1.82) is 0 Å². The number of aryl methyl sites for hydroxylation is 1. The normalized spacial score (nSPS) is 18.5. The minimum Gasteiger partial charge on any atom is -0.399 e. The molecule has 0 atom stereocenters. The highest BCUT2D eigenvalue weighted by Gasteiger charge is 2.52. The molecule has 1 saturated heterocycles. The summed E-state index contributed by atoms with van der Waals surface area (Å²) in [5.74, 6) is 0. The molecule has 1 heterocycles. The van der Waals surface area contributed by atoms with Gasteiger partial charge in [-0.2, -0.15) is 0 Å². The number of nitrogens with zero attached hydrogens (tertiary/aromatic N) is 1. The van der Waals surface area contributed by atoms with Crippen molar-refractivity contribution in [1.82, 2.24) is 0 Å². The highest BCUT2D eigenvalue weighted by molar-refractivity contribution is 6.65. The first-order valence-corrected chi connectivity index (χ1v) is 9.45. The third kappa shape index (κ3) is 3.24. The molecule has 140 valence electrons. The number of nitrogens with two attached hydrogens (primary N) is 1. The fraction of sp³-hybridized carbons (Fsp3) is 0.524. The highest BCUT2D eigenvalue weighted by atomic mass is 16.7. The van der Waals surface area contributed by atoms with E-state index in [9.17, 15) is 0 Å². The van der Waals surface area contributed by atoms with Gasteiger partial charge in [0.2, 0.25) is 0 Å². The Morgan fingerprint density at radius 3 is 2.12 bits per heavy atom. The van der Waals surface area contributed by atoms with E-state index in [0.717, 1.165) is 18.3 Å². The van der Waals surface area contributed by atoms with Gasteiger partial charge in [-0.25, -0.2) is 0 Å². The van der Waals surface area contributed by atoms with Crippen LogP contribution in [0, 0.1) is 0 Å². The van der Waals surface area contributed by atoms with Gasteiger partial charge in [-0.3, -0.25) is 0 Å². The smallest absolute Gasteiger partial charge is 0.399 e. The van der Waals surface area contributed by atoms with Crippen LogP contribution >= 0.6 is 0 Å². The van der Waals surface area contributed by atoms with E-state index in [2.05, 4.69) is 77.0 Å². The summed E-state index contributed by atoms with van der Waals surface area (Å²) in [6.45, 7) is 9.07. The molecule has 0 radical (unpaired) electrons. The summed E-state index contributed by atoms with van der Waals surface area (Å²) < 4.78 is 12.7. The van der Waals surface area contributed by atoms with Gasteiger partial charge in [0.25, 0.3) is 0 Å². The van der Waals surface area contributed by atoms with Gasteiger partial charge < -0.3 is 19.9 Å². The first-order chi connectivity index (χ1) is 12.2. The van der Waals surface area contributed by atoms with E-state index in [1.807, 2.05) is 0 Å². The Hall–Kier alpha value is -1.56. The van der Waals surface area contributed by atoms with Crippen LogP contribution in [0.4, 0.5) is 5.69 Å². The van der Waals surface area contributed by atoms with E-state index in [4.69, 9.17) is 15.0 Å². The summed E-state index contributed by atoms with van der Waals surface area (Å²) in [5.41, 5.74) is 8.74. The predicted octanol–water partition coefficient (Wildman–Crippen LogP) is 3.10. The maximum atomic E-state index is 6.36. The quantitative estimate of drug-likeness (QED) is 0.839. The monoisotopic (exact) mass is 354 g/mol. The van der Waals surface area contributed by atoms with Gasteiger partial charge in [0.1, 0.15) is 0 Å². The van der Waals surface area contributed by atoms with Gasteiger partial charge in [-0.1, -0.05) is 30.3 Å². The van der Waals surface area contributed by atoms with Gasteiger partial charge >= 0.3 is 7.12 Å². The number of rotatable bonds is 5. The number of hydrogen-bond donors (Lipinski definition) is 1. The first kappa shape index (κ1) is 19.2. The van der Waals surface area contributed by atoms with Gasteiger partial charge in [0.05, 0.1) is 11.2 Å². The Bertz CT molecular complexity index is 786. The molecule has 4 nitrogen and oxygen atoms in total. The third-order valence-corrected chi connectivity index (χ3v) is 5.73. The van der Waals surface area contributed by atoms with E-state index in [0.29, 0.717) is 6.54 Å². The van der Waals surface area contributed by atoms with Crippen molar-refractivity contribution in [3.8, 4) is 0 Å². The van der Waals surface area contributed by atoms with E-state index >= 15 is 0 Å². The molecule has 3 rings (SSSR count). The molecule has 1 aliphatic heterocycles. The lowest BCUT2D eigenvalue weighted by Gasteiger charge is -2.32. The fourth-order valence-corrected chi connectivity index (χ4v) is 3.62. The molecule has 0 saturated carbocycles. The van der Waals surface area contributed by atoms with Crippen LogP contribution < -0.4 is 16.1 Å². The minimum atomic E-state index is -0.363. The van der Waals surface area contributed by atoms with Crippen molar-refractivity contribution in [3.05, 3.63) is 35.9 Å². The average molecular weight is 354 g/mol. The number of hydrogen-bond acceptors (Lipinski definition) is 4. The van der Waals surface area contributed by atoms with Crippen molar-refractivity contribution >= 4 is 29.0 Å². The Labute approximate surface area is 157 Å². The number of anilines is 1. The van der Waals surface area contributed by atoms with Crippen LogP contribution in [0.5, 0.6) is 0 Å². The second-order valence-corrected chi connectivity index (χ2v) is 8.39. The highest BCUT2D eigenvalue weighted by Crippen LogP contribution is 2.38. The predicted molar refractivity (Wildman–Crippen MR) is 111 cm³/mol. The Morgan fingerprint density at radius 2 is 1.58 bits per heavy atom. The molecule has 1 fully saturated rings. The molecule has 0 aromatic heterocycles. The van der Waals surface area contributed by atoms with Gasteiger partial charge in [0.15, 0.2) is 0 Å². The van der Waals surface area contributed by atoms with Crippen LogP contribution in [0.25, 0.3) is 10.8 Å². The molecule has 5 heteroatoms. The molecule has 0 unspecified atom stereocenters. The lowest BCUT2D eigenvalue weighted by Crippen LogP contribution is -2.41. The van der Waals surface area contributed by atoms with Crippen molar-refractivity contribution in [3.63, 3.8) is 0 Å². The number of fused-ring (bicyclic) bond motifs is 1. The van der Waals surface area contributed by atoms with Crippen LogP contribution in [0.3, 0.4) is 0 Å². The zero-order chi connectivity index (χ0) is 19.1. The topological polar surface area (TPSA) is 47.7 Å². The molecule has 2 aromatic rings. The molecule has 0 aliphatic carbocycles. The van der Waals surface area contributed by atoms with Gasteiger partial charge in [-0.15, -0.1) is 0 Å².